The summed E-state index contributed by atoms with van der Waals surface area (Å²) in [6.07, 6.45) is 2.14. The van der Waals surface area contributed by atoms with Crippen molar-refractivity contribution in [3.05, 3.63) is 70.8 Å². The zero-order chi connectivity index (χ0) is 23.8. The Morgan fingerprint density at radius 1 is 1.03 bits per heavy atom. The molecule has 8 heteroatoms. The maximum Gasteiger partial charge on any atom is 0.221 e. The molecule has 1 heterocycles. The minimum absolute atomic E-state index is 0.0238. The monoisotopic (exact) mass is 479 g/mol. The Hall–Kier alpha value is -1.87. The van der Waals surface area contributed by atoms with Gasteiger partial charge >= 0.3 is 0 Å². The average Bonchev–Trinajstić information content (AvgIpc) is 2.80. The molecule has 0 aromatic heterocycles. The lowest BCUT2D eigenvalue weighted by molar-refractivity contribution is 0.0656. The molecule has 2 N–H and O–H groups in total. The van der Waals surface area contributed by atoms with Gasteiger partial charge in [0.15, 0.2) is 0 Å². The van der Waals surface area contributed by atoms with Crippen LogP contribution in [0.5, 0.6) is 0 Å². The number of hydrogen-bond acceptors (Lipinski definition) is 4. The third-order valence-corrected chi connectivity index (χ3v) is 9.81. The number of nitrogens with zero attached hydrogens (tertiary/aromatic N) is 1. The Bertz CT molecular complexity index is 1090. The summed E-state index contributed by atoms with van der Waals surface area (Å²) in [6.45, 7) is 1.20. The van der Waals surface area contributed by atoms with Crippen molar-refractivity contribution >= 4 is 10.0 Å². The zero-order valence-electron chi connectivity index (χ0n) is 18.8. The fourth-order valence-electron chi connectivity index (χ4n) is 5.30. The van der Waals surface area contributed by atoms with E-state index in [1.165, 1.54) is 4.31 Å². The molecule has 4 rings (SSSR count). The lowest BCUT2D eigenvalue weighted by atomic mass is 9.69. The Morgan fingerprint density at radius 2 is 1.70 bits per heavy atom. The maximum absolute atomic E-state index is 15.2. The molecule has 2 aromatic rings. The van der Waals surface area contributed by atoms with Crippen LogP contribution in [-0.4, -0.2) is 41.7 Å². The molecule has 0 unspecified atom stereocenters. The minimum Gasteiger partial charge on any atom is -0.395 e. The van der Waals surface area contributed by atoms with Crippen molar-refractivity contribution in [2.24, 2.45) is 0 Å². The Kier molecular flexibility index (Phi) is 6.92. The molecule has 0 bridgehead atoms. The van der Waals surface area contributed by atoms with Gasteiger partial charge in [-0.3, -0.25) is 0 Å². The summed E-state index contributed by atoms with van der Waals surface area (Å²) in [7, 11) is -3.77. The van der Waals surface area contributed by atoms with Crippen LogP contribution < -0.4 is 0 Å². The van der Waals surface area contributed by atoms with Gasteiger partial charge in [-0.25, -0.2) is 17.2 Å². The Labute approximate surface area is 194 Å². The molecular formula is C25H31F2NO4S. The van der Waals surface area contributed by atoms with Crippen LogP contribution in [0.2, 0.25) is 0 Å². The maximum atomic E-state index is 15.2. The molecular weight excluding hydrogens is 448 g/mol. The van der Waals surface area contributed by atoms with Crippen molar-refractivity contribution in [2.45, 2.75) is 74.8 Å². The van der Waals surface area contributed by atoms with E-state index in [-0.39, 0.29) is 30.3 Å². The van der Waals surface area contributed by atoms with Gasteiger partial charge < -0.3 is 10.2 Å². The summed E-state index contributed by atoms with van der Waals surface area (Å²) < 4.78 is 58.5. The lowest BCUT2D eigenvalue weighted by Crippen LogP contribution is -2.45. The molecule has 2 fully saturated rings. The van der Waals surface area contributed by atoms with Crippen molar-refractivity contribution in [2.75, 3.05) is 6.61 Å². The first-order chi connectivity index (χ1) is 15.7. The van der Waals surface area contributed by atoms with Crippen molar-refractivity contribution in [3.63, 3.8) is 0 Å². The van der Waals surface area contributed by atoms with E-state index in [0.717, 1.165) is 12.1 Å². The number of rotatable bonds is 5. The third-order valence-electron chi connectivity index (χ3n) is 7.44. The number of aliphatic hydroxyl groups is 2. The molecule has 5 nitrogen and oxygen atoms in total. The summed E-state index contributed by atoms with van der Waals surface area (Å²) in [4.78, 5) is 0. The molecule has 1 saturated carbocycles. The first kappa shape index (κ1) is 24.3. The summed E-state index contributed by atoms with van der Waals surface area (Å²) in [6, 6.07) is 10.8. The quantitative estimate of drug-likeness (QED) is 0.674. The number of halogens is 2. The van der Waals surface area contributed by atoms with Gasteiger partial charge in [-0.1, -0.05) is 30.3 Å². The van der Waals surface area contributed by atoms with E-state index in [0.29, 0.717) is 44.1 Å². The van der Waals surface area contributed by atoms with Gasteiger partial charge in [-0.05, 0) is 68.7 Å². The lowest BCUT2D eigenvalue weighted by Gasteiger charge is -2.39. The van der Waals surface area contributed by atoms with Crippen molar-refractivity contribution in [1.82, 2.24) is 4.31 Å². The second-order valence-electron chi connectivity index (χ2n) is 9.51. The number of benzene rings is 2. The van der Waals surface area contributed by atoms with E-state index in [2.05, 4.69) is 0 Å². The molecule has 180 valence electrons. The van der Waals surface area contributed by atoms with E-state index < -0.39 is 38.4 Å². The standard InChI is InChI=1S/C25H31F2NO4S/c1-17-7-8-24(18-5-3-2-4-6-18)33(31,32)28(17)15-19-13-23(27)21(14-22(19)26)25(16-29)11-9-20(30)10-12-25/h2-6,13-14,17,20,24,29-30H,7-12,15-16H2,1H3/t17-,20?,24-,25?/m0/s1. The topological polar surface area (TPSA) is 77.8 Å². The highest BCUT2D eigenvalue weighted by molar-refractivity contribution is 7.89. The fraction of sp³-hybridized carbons (Fsp3) is 0.520. The first-order valence-electron chi connectivity index (χ1n) is 11.5. The van der Waals surface area contributed by atoms with Crippen LogP contribution in [0.4, 0.5) is 8.78 Å². The molecule has 0 spiro atoms. The molecule has 0 radical (unpaired) electrons. The predicted octanol–water partition coefficient (Wildman–Crippen LogP) is 4.19. The first-order valence-corrected chi connectivity index (χ1v) is 13.0. The summed E-state index contributed by atoms with van der Waals surface area (Å²) in [5, 5.41) is 19.1. The number of aliphatic hydroxyl groups excluding tert-OH is 2. The molecule has 33 heavy (non-hydrogen) atoms. The zero-order valence-corrected chi connectivity index (χ0v) is 19.6. The Balaban J connectivity index is 1.64. The molecule has 1 saturated heterocycles. The molecule has 2 atom stereocenters. The third kappa shape index (κ3) is 4.58. The smallest absolute Gasteiger partial charge is 0.221 e. The van der Waals surface area contributed by atoms with Crippen LogP contribution in [0.1, 0.15) is 67.4 Å². The molecule has 2 aromatic carbocycles. The van der Waals surface area contributed by atoms with Crippen LogP contribution in [0.3, 0.4) is 0 Å². The highest BCUT2D eigenvalue weighted by Gasteiger charge is 2.42. The van der Waals surface area contributed by atoms with Gasteiger partial charge in [0.25, 0.3) is 0 Å². The normalized spacial score (nSPS) is 30.3. The fourth-order valence-corrected chi connectivity index (χ4v) is 7.49. The van der Waals surface area contributed by atoms with Gasteiger partial charge in [0.1, 0.15) is 16.9 Å². The second-order valence-corrected chi connectivity index (χ2v) is 11.6. The van der Waals surface area contributed by atoms with Gasteiger partial charge in [-0.15, -0.1) is 0 Å². The van der Waals surface area contributed by atoms with Crippen molar-refractivity contribution < 1.29 is 27.4 Å². The second kappa shape index (κ2) is 9.41. The molecule has 2 aliphatic rings. The molecule has 0 amide bonds. The summed E-state index contributed by atoms with van der Waals surface area (Å²) in [5.41, 5.74) is -0.175. The van der Waals surface area contributed by atoms with Crippen LogP contribution in [-0.2, 0) is 22.0 Å². The summed E-state index contributed by atoms with van der Waals surface area (Å²) >= 11 is 0. The molecule has 1 aliphatic heterocycles. The molecule has 1 aliphatic carbocycles. The van der Waals surface area contributed by atoms with Crippen LogP contribution in [0, 0.1) is 11.6 Å². The van der Waals surface area contributed by atoms with E-state index in [4.69, 9.17) is 0 Å². The number of sulfonamides is 1. The largest absolute Gasteiger partial charge is 0.395 e. The highest BCUT2D eigenvalue weighted by atomic mass is 32.2. The summed E-state index contributed by atoms with van der Waals surface area (Å²) in [5.74, 6) is -1.34. The van der Waals surface area contributed by atoms with E-state index >= 15 is 8.78 Å². The van der Waals surface area contributed by atoms with Gasteiger partial charge in [-0.2, -0.15) is 4.31 Å². The van der Waals surface area contributed by atoms with E-state index in [1.54, 1.807) is 31.2 Å². The van der Waals surface area contributed by atoms with Crippen molar-refractivity contribution in [1.29, 1.82) is 0 Å². The van der Waals surface area contributed by atoms with Crippen LogP contribution in [0.15, 0.2) is 42.5 Å². The SMILES string of the molecule is C[C@H]1CC[C@@H](c2ccccc2)S(=O)(=O)N1Cc1cc(F)c(C2(CO)CCC(O)CC2)cc1F. The van der Waals surface area contributed by atoms with Crippen LogP contribution in [0.25, 0.3) is 0 Å². The minimum atomic E-state index is -3.77. The van der Waals surface area contributed by atoms with Gasteiger partial charge in [0, 0.05) is 23.6 Å². The van der Waals surface area contributed by atoms with Gasteiger partial charge in [0.05, 0.1) is 12.7 Å². The number of hydrogen-bond donors (Lipinski definition) is 2. The van der Waals surface area contributed by atoms with Gasteiger partial charge in [0.2, 0.25) is 10.0 Å². The van der Waals surface area contributed by atoms with E-state index in [9.17, 15) is 18.6 Å². The highest BCUT2D eigenvalue weighted by Crippen LogP contribution is 2.42. The predicted molar refractivity (Wildman–Crippen MR) is 122 cm³/mol. The Morgan fingerprint density at radius 3 is 2.33 bits per heavy atom. The van der Waals surface area contributed by atoms with Crippen LogP contribution >= 0.6 is 0 Å². The van der Waals surface area contributed by atoms with Crippen molar-refractivity contribution in [3.8, 4) is 0 Å². The average molecular weight is 480 g/mol. The van der Waals surface area contributed by atoms with E-state index in [1.807, 2.05) is 6.07 Å².